The molecule has 2 N–H and O–H groups in total. The number of nitrogens with one attached hydrogen (secondary N) is 1. The molecule has 1 aromatic heterocycles. The average Bonchev–Trinajstić information content (AvgIpc) is 2.77. The molecular formula is C14H26N4O. The molecule has 1 fully saturated rings. The van der Waals surface area contributed by atoms with E-state index in [1.807, 2.05) is 11.6 Å². The lowest BCUT2D eigenvalue weighted by atomic mass is 9.89. The highest BCUT2D eigenvalue weighted by Gasteiger charge is 2.28. The smallest absolute Gasteiger partial charge is 0.138 e. The van der Waals surface area contributed by atoms with Crippen molar-refractivity contribution in [2.75, 3.05) is 6.54 Å². The van der Waals surface area contributed by atoms with Gasteiger partial charge in [0.25, 0.3) is 0 Å². The predicted molar refractivity (Wildman–Crippen MR) is 75.0 cm³/mol. The van der Waals surface area contributed by atoms with Crippen LogP contribution in [0.5, 0.6) is 0 Å². The second-order valence-electron chi connectivity index (χ2n) is 6.24. The van der Waals surface area contributed by atoms with E-state index in [-0.39, 0.29) is 6.04 Å². The number of nitrogens with zero attached hydrogens (tertiary/aromatic N) is 3. The van der Waals surface area contributed by atoms with Crippen LogP contribution in [0.25, 0.3) is 0 Å². The first-order valence-corrected chi connectivity index (χ1v) is 7.32. The Hall–Kier alpha value is -0.940. The maximum absolute atomic E-state index is 10.6. The zero-order valence-electron chi connectivity index (χ0n) is 12.3. The van der Waals surface area contributed by atoms with Gasteiger partial charge in [0.2, 0.25) is 0 Å². The Balaban J connectivity index is 1.97. The normalized spacial score (nSPS) is 23.5. The lowest BCUT2D eigenvalue weighted by Gasteiger charge is -2.31. The summed E-state index contributed by atoms with van der Waals surface area (Å²) in [5, 5.41) is 18.3. The first-order chi connectivity index (χ1) is 8.98. The third-order valence-electron chi connectivity index (χ3n) is 3.77. The Morgan fingerprint density at radius 1 is 1.53 bits per heavy atom. The third-order valence-corrected chi connectivity index (χ3v) is 3.77. The van der Waals surface area contributed by atoms with Crippen LogP contribution in [0.3, 0.4) is 0 Å². The van der Waals surface area contributed by atoms with E-state index in [1.165, 1.54) is 12.8 Å². The van der Waals surface area contributed by atoms with Crippen molar-refractivity contribution in [1.29, 1.82) is 0 Å². The van der Waals surface area contributed by atoms with Gasteiger partial charge in [-0.05, 0) is 46.6 Å². The van der Waals surface area contributed by atoms with Crippen LogP contribution in [0.15, 0.2) is 6.33 Å². The van der Waals surface area contributed by atoms with Crippen molar-refractivity contribution in [2.45, 2.75) is 70.6 Å². The highest BCUT2D eigenvalue weighted by Crippen LogP contribution is 2.22. The van der Waals surface area contributed by atoms with E-state index in [2.05, 4.69) is 29.2 Å². The molecule has 19 heavy (non-hydrogen) atoms. The number of aromatic nitrogens is 3. The zero-order valence-corrected chi connectivity index (χ0v) is 12.3. The van der Waals surface area contributed by atoms with Crippen molar-refractivity contribution in [2.24, 2.45) is 0 Å². The largest absolute Gasteiger partial charge is 0.390 e. The number of hydrogen-bond donors (Lipinski definition) is 2. The summed E-state index contributed by atoms with van der Waals surface area (Å²) >= 11 is 0. The second-order valence-corrected chi connectivity index (χ2v) is 6.24. The highest BCUT2D eigenvalue weighted by atomic mass is 16.3. The van der Waals surface area contributed by atoms with Gasteiger partial charge < -0.3 is 10.4 Å². The van der Waals surface area contributed by atoms with E-state index >= 15 is 0 Å². The Labute approximate surface area is 115 Å². The molecule has 2 unspecified atom stereocenters. The SMILES string of the molecule is CC(C)n1ncnc1CC(C)(O)CC1CCCCN1. The molecule has 5 nitrogen and oxygen atoms in total. The molecule has 0 bridgehead atoms. The zero-order chi connectivity index (χ0) is 13.9. The number of piperidine rings is 1. The molecule has 1 saturated heterocycles. The molecule has 108 valence electrons. The van der Waals surface area contributed by atoms with Crippen LogP contribution in [0.2, 0.25) is 0 Å². The summed E-state index contributed by atoms with van der Waals surface area (Å²) in [4.78, 5) is 4.29. The minimum Gasteiger partial charge on any atom is -0.390 e. The summed E-state index contributed by atoms with van der Waals surface area (Å²) in [5.41, 5.74) is -0.728. The van der Waals surface area contributed by atoms with Crippen molar-refractivity contribution < 1.29 is 5.11 Å². The summed E-state index contributed by atoms with van der Waals surface area (Å²) < 4.78 is 1.89. The van der Waals surface area contributed by atoms with Gasteiger partial charge in [-0.25, -0.2) is 9.67 Å². The topological polar surface area (TPSA) is 63.0 Å². The van der Waals surface area contributed by atoms with Gasteiger partial charge in [-0.3, -0.25) is 0 Å². The van der Waals surface area contributed by atoms with Gasteiger partial charge in [0.15, 0.2) is 0 Å². The second kappa shape index (κ2) is 6.01. The standard InChI is InChI=1S/C14H26N4O/c1-11(2)18-13(16-10-17-18)9-14(3,19)8-12-6-4-5-7-15-12/h10-12,15,19H,4-9H2,1-3H3. The average molecular weight is 266 g/mol. The van der Waals surface area contributed by atoms with E-state index in [0.29, 0.717) is 12.5 Å². The monoisotopic (exact) mass is 266 g/mol. The van der Waals surface area contributed by atoms with Gasteiger partial charge in [0, 0.05) is 18.5 Å². The van der Waals surface area contributed by atoms with Crippen LogP contribution in [-0.4, -0.2) is 38.1 Å². The van der Waals surface area contributed by atoms with Crippen molar-refractivity contribution in [3.63, 3.8) is 0 Å². The summed E-state index contributed by atoms with van der Waals surface area (Å²) in [6, 6.07) is 0.709. The van der Waals surface area contributed by atoms with Gasteiger partial charge in [0.1, 0.15) is 12.2 Å². The van der Waals surface area contributed by atoms with Gasteiger partial charge in [0.05, 0.1) is 5.60 Å². The molecular weight excluding hydrogens is 240 g/mol. The van der Waals surface area contributed by atoms with E-state index in [9.17, 15) is 5.11 Å². The number of rotatable bonds is 5. The fourth-order valence-corrected chi connectivity index (χ4v) is 2.87. The molecule has 1 aliphatic rings. The van der Waals surface area contributed by atoms with Gasteiger partial charge in [-0.15, -0.1) is 0 Å². The molecule has 2 rings (SSSR count). The van der Waals surface area contributed by atoms with Gasteiger partial charge in [-0.1, -0.05) is 6.42 Å². The fourth-order valence-electron chi connectivity index (χ4n) is 2.87. The minimum absolute atomic E-state index is 0.279. The summed E-state index contributed by atoms with van der Waals surface area (Å²) in [6.07, 6.45) is 6.58. The molecule has 0 radical (unpaired) electrons. The molecule has 1 aromatic rings. The molecule has 2 atom stereocenters. The molecule has 0 spiro atoms. The van der Waals surface area contributed by atoms with Crippen molar-refractivity contribution in [3.8, 4) is 0 Å². The summed E-state index contributed by atoms with van der Waals surface area (Å²) in [7, 11) is 0. The predicted octanol–water partition coefficient (Wildman–Crippen LogP) is 1.68. The Morgan fingerprint density at radius 3 is 2.95 bits per heavy atom. The van der Waals surface area contributed by atoms with E-state index in [1.54, 1.807) is 6.33 Å². The quantitative estimate of drug-likeness (QED) is 0.851. The molecule has 0 amide bonds. The van der Waals surface area contributed by atoms with Gasteiger partial charge in [-0.2, -0.15) is 5.10 Å². The summed E-state index contributed by atoms with van der Waals surface area (Å²) in [6.45, 7) is 7.14. The molecule has 5 heteroatoms. The molecule has 1 aliphatic heterocycles. The molecule has 0 saturated carbocycles. The summed E-state index contributed by atoms with van der Waals surface area (Å²) in [5.74, 6) is 0.871. The van der Waals surface area contributed by atoms with Crippen LogP contribution in [0.1, 0.15) is 58.3 Å². The molecule has 0 aliphatic carbocycles. The number of aliphatic hydroxyl groups is 1. The van der Waals surface area contributed by atoms with Crippen LogP contribution in [-0.2, 0) is 6.42 Å². The van der Waals surface area contributed by atoms with Crippen LogP contribution < -0.4 is 5.32 Å². The van der Waals surface area contributed by atoms with Gasteiger partial charge >= 0.3 is 0 Å². The third kappa shape index (κ3) is 4.01. The van der Waals surface area contributed by atoms with E-state index in [0.717, 1.165) is 25.2 Å². The number of hydrogen-bond acceptors (Lipinski definition) is 4. The van der Waals surface area contributed by atoms with Crippen molar-refractivity contribution >= 4 is 0 Å². The van der Waals surface area contributed by atoms with Crippen molar-refractivity contribution in [1.82, 2.24) is 20.1 Å². The maximum Gasteiger partial charge on any atom is 0.138 e. The minimum atomic E-state index is -0.728. The van der Waals surface area contributed by atoms with E-state index in [4.69, 9.17) is 0 Å². The Morgan fingerprint density at radius 2 is 2.32 bits per heavy atom. The Bertz CT molecular complexity index is 394. The first-order valence-electron chi connectivity index (χ1n) is 7.32. The van der Waals surface area contributed by atoms with Crippen LogP contribution in [0.4, 0.5) is 0 Å². The Kier molecular flexibility index (Phi) is 4.58. The lowest BCUT2D eigenvalue weighted by Crippen LogP contribution is -2.42. The van der Waals surface area contributed by atoms with E-state index < -0.39 is 5.60 Å². The van der Waals surface area contributed by atoms with Crippen LogP contribution >= 0.6 is 0 Å². The first kappa shape index (κ1) is 14.5. The van der Waals surface area contributed by atoms with Crippen molar-refractivity contribution in [3.05, 3.63) is 12.2 Å². The molecule has 2 heterocycles. The fraction of sp³-hybridized carbons (Fsp3) is 0.857. The van der Waals surface area contributed by atoms with Crippen LogP contribution in [0, 0.1) is 0 Å². The lowest BCUT2D eigenvalue weighted by molar-refractivity contribution is 0.0340. The maximum atomic E-state index is 10.6. The highest BCUT2D eigenvalue weighted by molar-refractivity contribution is 4.96. The molecule has 0 aromatic carbocycles.